The quantitative estimate of drug-likeness (QED) is 0.710. The lowest BCUT2D eigenvalue weighted by Crippen LogP contribution is -2.17. The molecule has 1 heterocycles. The lowest BCUT2D eigenvalue weighted by atomic mass is 10.0. The summed E-state index contributed by atoms with van der Waals surface area (Å²) in [7, 11) is 0. The zero-order valence-corrected chi connectivity index (χ0v) is 14.2. The lowest BCUT2D eigenvalue weighted by Gasteiger charge is -2.10. The van der Waals surface area contributed by atoms with Gasteiger partial charge in [0, 0.05) is 34.6 Å². The molecular formula is C19H19ClN2O2. The molecule has 0 aliphatic heterocycles. The second-order valence-electron chi connectivity index (χ2n) is 5.41. The Morgan fingerprint density at radius 2 is 1.96 bits per heavy atom. The molecule has 0 spiro atoms. The van der Waals surface area contributed by atoms with Gasteiger partial charge in [-0.1, -0.05) is 41.9 Å². The Labute approximate surface area is 145 Å². The number of esters is 1. The van der Waals surface area contributed by atoms with Crippen LogP contribution in [0.2, 0.25) is 5.02 Å². The minimum atomic E-state index is -0.350. The zero-order valence-electron chi connectivity index (χ0n) is 13.5. The summed E-state index contributed by atoms with van der Waals surface area (Å²) >= 11 is 6.21. The smallest absolute Gasteiger partial charge is 0.355 e. The standard InChI is InChI=1S/C19H19ClN2O2/c1-2-24-19(23)18-17(13-6-4-3-5-7-13)15-12-14(20)8-9-16(15)22(18)11-10-21/h3-9,12H,2,10-11,21H2,1H3. The Morgan fingerprint density at radius 1 is 1.21 bits per heavy atom. The maximum Gasteiger partial charge on any atom is 0.355 e. The van der Waals surface area contributed by atoms with Crippen molar-refractivity contribution in [3.05, 3.63) is 59.2 Å². The molecule has 0 fully saturated rings. The molecule has 5 heteroatoms. The number of nitrogens with zero attached hydrogens (tertiary/aromatic N) is 1. The number of nitrogens with two attached hydrogens (primary N) is 1. The molecule has 0 unspecified atom stereocenters. The van der Waals surface area contributed by atoms with Crippen molar-refractivity contribution < 1.29 is 9.53 Å². The minimum Gasteiger partial charge on any atom is -0.461 e. The van der Waals surface area contributed by atoms with Gasteiger partial charge in [-0.25, -0.2) is 4.79 Å². The molecule has 0 radical (unpaired) electrons. The van der Waals surface area contributed by atoms with Gasteiger partial charge in [0.2, 0.25) is 0 Å². The van der Waals surface area contributed by atoms with Gasteiger partial charge in [-0.05, 0) is 30.7 Å². The highest BCUT2D eigenvalue weighted by Gasteiger charge is 2.24. The third-order valence-electron chi connectivity index (χ3n) is 3.91. The van der Waals surface area contributed by atoms with Gasteiger partial charge in [0.15, 0.2) is 0 Å². The van der Waals surface area contributed by atoms with Crippen molar-refractivity contribution in [1.29, 1.82) is 0 Å². The van der Waals surface area contributed by atoms with Gasteiger partial charge in [-0.3, -0.25) is 0 Å². The van der Waals surface area contributed by atoms with Crippen LogP contribution in [-0.2, 0) is 11.3 Å². The van der Waals surface area contributed by atoms with Crippen molar-refractivity contribution in [3.63, 3.8) is 0 Å². The number of aromatic nitrogens is 1. The molecule has 0 saturated heterocycles. The number of benzene rings is 2. The van der Waals surface area contributed by atoms with E-state index in [1.807, 2.05) is 53.1 Å². The van der Waals surface area contributed by atoms with E-state index < -0.39 is 0 Å². The van der Waals surface area contributed by atoms with Crippen LogP contribution in [-0.4, -0.2) is 23.7 Å². The molecule has 0 saturated carbocycles. The zero-order chi connectivity index (χ0) is 17.1. The topological polar surface area (TPSA) is 57.2 Å². The molecule has 4 nitrogen and oxygen atoms in total. The van der Waals surface area contributed by atoms with E-state index in [1.165, 1.54) is 0 Å². The number of carbonyl (C=O) groups is 1. The molecule has 0 bridgehead atoms. The second kappa shape index (κ2) is 7.07. The fourth-order valence-corrected chi connectivity index (χ4v) is 3.17. The van der Waals surface area contributed by atoms with Crippen molar-refractivity contribution in [1.82, 2.24) is 4.57 Å². The first-order valence-electron chi connectivity index (χ1n) is 7.91. The van der Waals surface area contributed by atoms with Crippen molar-refractivity contribution in [2.24, 2.45) is 5.73 Å². The third kappa shape index (κ3) is 2.90. The predicted molar refractivity (Wildman–Crippen MR) is 97.4 cm³/mol. The van der Waals surface area contributed by atoms with Crippen LogP contribution in [0.1, 0.15) is 17.4 Å². The van der Waals surface area contributed by atoms with Crippen LogP contribution in [0.15, 0.2) is 48.5 Å². The first kappa shape index (κ1) is 16.6. The number of hydrogen-bond donors (Lipinski definition) is 1. The third-order valence-corrected chi connectivity index (χ3v) is 4.14. The number of carbonyl (C=O) groups excluding carboxylic acids is 1. The average molecular weight is 343 g/mol. The molecule has 24 heavy (non-hydrogen) atoms. The monoisotopic (exact) mass is 342 g/mol. The number of fused-ring (bicyclic) bond motifs is 1. The molecule has 2 aromatic carbocycles. The first-order chi connectivity index (χ1) is 11.7. The van der Waals surface area contributed by atoms with Crippen LogP contribution in [0.3, 0.4) is 0 Å². The van der Waals surface area contributed by atoms with Gasteiger partial charge in [0.05, 0.1) is 6.61 Å². The van der Waals surface area contributed by atoms with E-state index in [2.05, 4.69) is 0 Å². The summed E-state index contributed by atoms with van der Waals surface area (Å²) in [5, 5.41) is 1.55. The number of halogens is 1. The lowest BCUT2D eigenvalue weighted by molar-refractivity contribution is 0.0515. The maximum absolute atomic E-state index is 12.7. The van der Waals surface area contributed by atoms with Crippen molar-refractivity contribution >= 4 is 28.5 Å². The van der Waals surface area contributed by atoms with E-state index in [0.717, 1.165) is 22.0 Å². The summed E-state index contributed by atoms with van der Waals surface area (Å²) in [4.78, 5) is 12.7. The van der Waals surface area contributed by atoms with E-state index >= 15 is 0 Å². The van der Waals surface area contributed by atoms with Crippen LogP contribution in [0.25, 0.3) is 22.0 Å². The highest BCUT2D eigenvalue weighted by Crippen LogP contribution is 2.36. The maximum atomic E-state index is 12.7. The molecular weight excluding hydrogens is 324 g/mol. The molecule has 3 rings (SSSR count). The minimum absolute atomic E-state index is 0.317. The second-order valence-corrected chi connectivity index (χ2v) is 5.85. The normalized spacial score (nSPS) is 11.0. The van der Waals surface area contributed by atoms with Crippen LogP contribution >= 0.6 is 11.6 Å². The van der Waals surface area contributed by atoms with Gasteiger partial charge in [0.25, 0.3) is 0 Å². The summed E-state index contributed by atoms with van der Waals surface area (Å²) in [5.74, 6) is -0.350. The van der Waals surface area contributed by atoms with Crippen molar-refractivity contribution in [3.8, 4) is 11.1 Å². The molecule has 0 aliphatic rings. The Balaban J connectivity index is 2.39. The van der Waals surface area contributed by atoms with Crippen molar-refractivity contribution in [2.75, 3.05) is 13.2 Å². The molecule has 0 atom stereocenters. The Morgan fingerprint density at radius 3 is 2.62 bits per heavy atom. The molecule has 1 aromatic heterocycles. The van der Waals surface area contributed by atoms with Gasteiger partial charge in [-0.2, -0.15) is 0 Å². The van der Waals surface area contributed by atoms with Crippen LogP contribution in [0.4, 0.5) is 0 Å². The summed E-state index contributed by atoms with van der Waals surface area (Å²) < 4.78 is 7.23. The van der Waals surface area contributed by atoms with E-state index in [-0.39, 0.29) is 5.97 Å². The highest BCUT2D eigenvalue weighted by atomic mass is 35.5. The van der Waals surface area contributed by atoms with Gasteiger partial charge in [-0.15, -0.1) is 0 Å². The van der Waals surface area contributed by atoms with Crippen LogP contribution < -0.4 is 5.73 Å². The molecule has 0 aliphatic carbocycles. The number of ether oxygens (including phenoxy) is 1. The molecule has 124 valence electrons. The van der Waals surface area contributed by atoms with Crippen molar-refractivity contribution in [2.45, 2.75) is 13.5 Å². The van der Waals surface area contributed by atoms with E-state index in [4.69, 9.17) is 22.1 Å². The largest absolute Gasteiger partial charge is 0.461 e. The van der Waals surface area contributed by atoms with E-state index in [0.29, 0.717) is 30.4 Å². The Bertz CT molecular complexity index is 872. The van der Waals surface area contributed by atoms with E-state index in [9.17, 15) is 4.79 Å². The molecule has 0 amide bonds. The van der Waals surface area contributed by atoms with Crippen LogP contribution in [0, 0.1) is 0 Å². The number of hydrogen-bond acceptors (Lipinski definition) is 3. The molecule has 3 aromatic rings. The summed E-state index contributed by atoms with van der Waals surface area (Å²) in [5.41, 5.74) is 9.00. The van der Waals surface area contributed by atoms with Gasteiger partial charge < -0.3 is 15.0 Å². The van der Waals surface area contributed by atoms with Gasteiger partial charge in [0.1, 0.15) is 5.69 Å². The van der Waals surface area contributed by atoms with Crippen LogP contribution in [0.5, 0.6) is 0 Å². The fraction of sp³-hybridized carbons (Fsp3) is 0.211. The highest BCUT2D eigenvalue weighted by molar-refractivity contribution is 6.31. The first-order valence-corrected chi connectivity index (χ1v) is 8.29. The Kier molecular flexibility index (Phi) is 4.88. The fourth-order valence-electron chi connectivity index (χ4n) is 3.00. The average Bonchev–Trinajstić information content (AvgIpc) is 2.90. The Hall–Kier alpha value is -2.30. The van der Waals surface area contributed by atoms with Gasteiger partial charge >= 0.3 is 5.97 Å². The summed E-state index contributed by atoms with van der Waals surface area (Å²) in [6.07, 6.45) is 0. The summed E-state index contributed by atoms with van der Waals surface area (Å²) in [6, 6.07) is 15.4. The SMILES string of the molecule is CCOC(=O)c1c(-c2ccccc2)c2cc(Cl)ccc2n1CCN. The van der Waals surface area contributed by atoms with E-state index in [1.54, 1.807) is 6.92 Å². The summed E-state index contributed by atoms with van der Waals surface area (Å²) in [6.45, 7) is 3.07. The number of rotatable bonds is 5. The molecule has 2 N–H and O–H groups in total. The predicted octanol–water partition coefficient (Wildman–Crippen LogP) is 4.10.